The van der Waals surface area contributed by atoms with E-state index in [-0.39, 0.29) is 23.5 Å². The second-order valence-electron chi connectivity index (χ2n) is 5.20. The molecule has 0 spiro atoms. The first kappa shape index (κ1) is 18.2. The summed E-state index contributed by atoms with van der Waals surface area (Å²) in [5.41, 5.74) is 1.27. The van der Waals surface area contributed by atoms with Crippen molar-refractivity contribution in [2.75, 3.05) is 14.2 Å². The Labute approximate surface area is 145 Å². The molecule has 2 aromatic rings. The van der Waals surface area contributed by atoms with E-state index in [4.69, 9.17) is 9.47 Å². The van der Waals surface area contributed by atoms with E-state index in [1.165, 1.54) is 33.3 Å². The lowest BCUT2D eigenvalue weighted by molar-refractivity contribution is 0.0455. The summed E-state index contributed by atoms with van der Waals surface area (Å²) < 4.78 is 15.2. The Morgan fingerprint density at radius 3 is 2.12 bits per heavy atom. The molecular formula is C19H18O6. The molecule has 0 atom stereocenters. The molecule has 0 amide bonds. The number of esters is 2. The van der Waals surface area contributed by atoms with Gasteiger partial charge in [-0.05, 0) is 37.3 Å². The lowest BCUT2D eigenvalue weighted by Crippen LogP contribution is -2.13. The number of hydrogen-bond acceptors (Lipinski definition) is 6. The van der Waals surface area contributed by atoms with Gasteiger partial charge in [0.25, 0.3) is 0 Å². The fourth-order valence-electron chi connectivity index (χ4n) is 2.28. The Morgan fingerprint density at radius 1 is 0.920 bits per heavy atom. The summed E-state index contributed by atoms with van der Waals surface area (Å²) in [6, 6.07) is 11.1. The largest absolute Gasteiger partial charge is 0.496 e. The molecule has 130 valence electrons. The van der Waals surface area contributed by atoms with Gasteiger partial charge in [-0.2, -0.15) is 0 Å². The first-order chi connectivity index (χ1) is 12.0. The van der Waals surface area contributed by atoms with Gasteiger partial charge < -0.3 is 14.2 Å². The van der Waals surface area contributed by atoms with Gasteiger partial charge in [0.1, 0.15) is 12.4 Å². The lowest BCUT2D eigenvalue weighted by atomic mass is 10.1. The lowest BCUT2D eigenvalue weighted by Gasteiger charge is -2.12. The first-order valence-corrected chi connectivity index (χ1v) is 7.50. The highest BCUT2D eigenvalue weighted by atomic mass is 16.5. The summed E-state index contributed by atoms with van der Waals surface area (Å²) >= 11 is 0. The molecular weight excluding hydrogens is 324 g/mol. The van der Waals surface area contributed by atoms with Crippen molar-refractivity contribution in [2.24, 2.45) is 0 Å². The highest BCUT2D eigenvalue weighted by Crippen LogP contribution is 2.22. The molecule has 0 aliphatic heterocycles. The zero-order valence-electron chi connectivity index (χ0n) is 14.2. The first-order valence-electron chi connectivity index (χ1n) is 7.50. The minimum Gasteiger partial charge on any atom is -0.496 e. The van der Waals surface area contributed by atoms with Crippen LogP contribution in [0.3, 0.4) is 0 Å². The Hall–Kier alpha value is -3.15. The van der Waals surface area contributed by atoms with Crippen LogP contribution in [0.15, 0.2) is 42.5 Å². The number of rotatable bonds is 6. The average Bonchev–Trinajstić information content (AvgIpc) is 2.65. The fourth-order valence-corrected chi connectivity index (χ4v) is 2.28. The topological polar surface area (TPSA) is 78.9 Å². The van der Waals surface area contributed by atoms with Crippen molar-refractivity contribution in [3.63, 3.8) is 0 Å². The van der Waals surface area contributed by atoms with E-state index >= 15 is 0 Å². The van der Waals surface area contributed by atoms with E-state index in [0.717, 1.165) is 0 Å². The van der Waals surface area contributed by atoms with Crippen LogP contribution in [0, 0.1) is 0 Å². The van der Waals surface area contributed by atoms with Crippen LogP contribution >= 0.6 is 0 Å². The molecule has 0 N–H and O–H groups in total. The SMILES string of the molecule is COC(=O)c1ccccc1C(=O)OCc1cc(C(C)=O)ccc1OC. The molecule has 2 aromatic carbocycles. The normalized spacial score (nSPS) is 10.0. The number of methoxy groups -OCH3 is 2. The van der Waals surface area contributed by atoms with Gasteiger partial charge in [-0.25, -0.2) is 9.59 Å². The summed E-state index contributed by atoms with van der Waals surface area (Å²) in [6.07, 6.45) is 0. The highest BCUT2D eigenvalue weighted by molar-refractivity contribution is 6.03. The predicted octanol–water partition coefficient (Wildman–Crippen LogP) is 3.04. The molecule has 0 fully saturated rings. The van der Waals surface area contributed by atoms with E-state index in [0.29, 0.717) is 16.9 Å². The number of carbonyl (C=O) groups is 3. The molecule has 0 radical (unpaired) electrons. The van der Waals surface area contributed by atoms with Gasteiger partial charge in [0, 0.05) is 11.1 Å². The molecule has 0 saturated heterocycles. The Kier molecular flexibility index (Phi) is 5.89. The van der Waals surface area contributed by atoms with Gasteiger partial charge in [-0.3, -0.25) is 4.79 Å². The maximum absolute atomic E-state index is 12.3. The molecule has 0 bridgehead atoms. The maximum Gasteiger partial charge on any atom is 0.339 e. The minimum atomic E-state index is -0.670. The molecule has 0 aliphatic rings. The third-order valence-corrected chi connectivity index (χ3v) is 3.60. The quantitative estimate of drug-likeness (QED) is 0.593. The Balaban J connectivity index is 2.22. The molecule has 25 heavy (non-hydrogen) atoms. The van der Waals surface area contributed by atoms with Crippen LogP contribution in [-0.2, 0) is 16.1 Å². The molecule has 6 nitrogen and oxygen atoms in total. The van der Waals surface area contributed by atoms with Crippen molar-refractivity contribution in [2.45, 2.75) is 13.5 Å². The van der Waals surface area contributed by atoms with Crippen molar-refractivity contribution in [3.8, 4) is 5.75 Å². The zero-order chi connectivity index (χ0) is 18.4. The van der Waals surface area contributed by atoms with E-state index < -0.39 is 11.9 Å². The van der Waals surface area contributed by atoms with Crippen molar-refractivity contribution in [1.29, 1.82) is 0 Å². The number of carbonyl (C=O) groups excluding carboxylic acids is 3. The molecule has 0 unspecified atom stereocenters. The summed E-state index contributed by atoms with van der Waals surface area (Å²) in [6.45, 7) is 1.35. The summed E-state index contributed by atoms with van der Waals surface area (Å²) in [4.78, 5) is 35.6. The van der Waals surface area contributed by atoms with Crippen molar-refractivity contribution >= 4 is 17.7 Å². The number of benzene rings is 2. The number of Topliss-reactive ketones (excluding diaryl/α,β-unsaturated/α-hetero) is 1. The third-order valence-electron chi connectivity index (χ3n) is 3.60. The van der Waals surface area contributed by atoms with E-state index in [9.17, 15) is 14.4 Å². The summed E-state index contributed by atoms with van der Waals surface area (Å²) in [7, 11) is 2.73. The van der Waals surface area contributed by atoms with Crippen molar-refractivity contribution in [1.82, 2.24) is 0 Å². The zero-order valence-corrected chi connectivity index (χ0v) is 14.2. The molecule has 0 saturated carbocycles. The standard InChI is InChI=1S/C19H18O6/c1-12(20)13-8-9-17(23-2)14(10-13)11-25-19(22)16-7-5-4-6-15(16)18(21)24-3/h4-10H,11H2,1-3H3. The van der Waals surface area contributed by atoms with Gasteiger partial charge in [0.15, 0.2) is 5.78 Å². The Morgan fingerprint density at radius 2 is 1.56 bits per heavy atom. The van der Waals surface area contributed by atoms with Gasteiger partial charge in [-0.1, -0.05) is 12.1 Å². The van der Waals surface area contributed by atoms with Gasteiger partial charge >= 0.3 is 11.9 Å². The second kappa shape index (κ2) is 8.10. The molecule has 6 heteroatoms. The number of ketones is 1. The number of hydrogen-bond donors (Lipinski definition) is 0. The van der Waals surface area contributed by atoms with Crippen LogP contribution in [0.5, 0.6) is 5.75 Å². The predicted molar refractivity (Wildman–Crippen MR) is 89.9 cm³/mol. The molecule has 2 rings (SSSR count). The highest BCUT2D eigenvalue weighted by Gasteiger charge is 2.19. The summed E-state index contributed by atoms with van der Waals surface area (Å²) in [5, 5.41) is 0. The molecule has 0 aliphatic carbocycles. The fraction of sp³-hybridized carbons (Fsp3) is 0.211. The average molecular weight is 342 g/mol. The van der Waals surface area contributed by atoms with E-state index in [2.05, 4.69) is 4.74 Å². The summed E-state index contributed by atoms with van der Waals surface area (Å²) in [5.74, 6) is -0.898. The maximum atomic E-state index is 12.3. The van der Waals surface area contributed by atoms with Crippen molar-refractivity contribution in [3.05, 3.63) is 64.7 Å². The van der Waals surface area contributed by atoms with E-state index in [1.807, 2.05) is 0 Å². The van der Waals surface area contributed by atoms with Crippen LogP contribution in [0.2, 0.25) is 0 Å². The van der Waals surface area contributed by atoms with Crippen molar-refractivity contribution < 1.29 is 28.6 Å². The van der Waals surface area contributed by atoms with Crippen LogP contribution in [0.1, 0.15) is 43.6 Å². The van der Waals surface area contributed by atoms with Crippen LogP contribution < -0.4 is 4.74 Å². The minimum absolute atomic E-state index is 0.0986. The van der Waals surface area contributed by atoms with Crippen LogP contribution in [-0.4, -0.2) is 31.9 Å². The monoisotopic (exact) mass is 342 g/mol. The van der Waals surface area contributed by atoms with Crippen LogP contribution in [0.25, 0.3) is 0 Å². The smallest absolute Gasteiger partial charge is 0.339 e. The van der Waals surface area contributed by atoms with E-state index in [1.54, 1.807) is 30.3 Å². The van der Waals surface area contributed by atoms with Crippen LogP contribution in [0.4, 0.5) is 0 Å². The number of ether oxygens (including phenoxy) is 3. The molecule has 0 aromatic heterocycles. The Bertz CT molecular complexity index is 809. The third kappa shape index (κ3) is 4.23. The second-order valence-corrected chi connectivity index (χ2v) is 5.20. The van der Waals surface area contributed by atoms with Gasteiger partial charge in [0.2, 0.25) is 0 Å². The molecule has 0 heterocycles. The van der Waals surface area contributed by atoms with Gasteiger partial charge in [-0.15, -0.1) is 0 Å². The van der Waals surface area contributed by atoms with Gasteiger partial charge in [0.05, 0.1) is 25.3 Å².